The summed E-state index contributed by atoms with van der Waals surface area (Å²) in [5.41, 5.74) is -0.502. The summed E-state index contributed by atoms with van der Waals surface area (Å²) in [6.07, 6.45) is -3.39. The minimum Gasteiger partial charge on any atom is -0.396 e. The number of alkyl halides is 3. The Hall–Kier alpha value is -1.23. The Morgan fingerprint density at radius 3 is 2.53 bits per heavy atom. The molecule has 0 amide bonds. The average molecular weight is 294 g/mol. The Morgan fingerprint density at radius 2 is 2.00 bits per heavy atom. The number of hydrogen-bond acceptors (Lipinski definition) is 2. The predicted octanol–water partition coefficient (Wildman–Crippen LogP) is 4.90. The van der Waals surface area contributed by atoms with Crippen LogP contribution in [0, 0.1) is 0 Å². The fourth-order valence-corrected chi connectivity index (χ4v) is 1.78. The summed E-state index contributed by atoms with van der Waals surface area (Å²) >= 11 is 5.78. The van der Waals surface area contributed by atoms with E-state index < -0.39 is 11.7 Å². The van der Waals surface area contributed by atoms with Gasteiger partial charge in [-0.1, -0.05) is 30.1 Å². The van der Waals surface area contributed by atoms with Crippen LogP contribution in [0.5, 0.6) is 0 Å². The molecule has 0 unspecified atom stereocenters. The van der Waals surface area contributed by atoms with E-state index in [1.807, 2.05) is 6.92 Å². The lowest BCUT2D eigenvalue weighted by Crippen LogP contribution is -2.14. The number of oxime groups is 1. The van der Waals surface area contributed by atoms with E-state index in [1.165, 1.54) is 12.1 Å². The molecule has 6 heteroatoms. The predicted molar refractivity (Wildman–Crippen MR) is 69.5 cm³/mol. The fraction of sp³-hybridized carbons (Fsp3) is 0.462. The van der Waals surface area contributed by atoms with Crippen molar-refractivity contribution < 1.29 is 18.0 Å². The van der Waals surface area contributed by atoms with E-state index >= 15 is 0 Å². The van der Waals surface area contributed by atoms with Gasteiger partial charge in [-0.25, -0.2) is 0 Å². The van der Waals surface area contributed by atoms with E-state index in [4.69, 9.17) is 16.4 Å². The van der Waals surface area contributed by atoms with Gasteiger partial charge in [0, 0.05) is 10.6 Å². The van der Waals surface area contributed by atoms with Gasteiger partial charge in [0.15, 0.2) is 0 Å². The van der Waals surface area contributed by atoms with Crippen molar-refractivity contribution in [3.63, 3.8) is 0 Å². The third-order valence-electron chi connectivity index (χ3n) is 2.39. The van der Waals surface area contributed by atoms with Crippen LogP contribution in [0.4, 0.5) is 13.2 Å². The summed E-state index contributed by atoms with van der Waals surface area (Å²) in [5.74, 6) is 0. The highest BCUT2D eigenvalue weighted by Crippen LogP contribution is 2.34. The van der Waals surface area contributed by atoms with Crippen LogP contribution in [0.15, 0.2) is 23.4 Å². The van der Waals surface area contributed by atoms with Gasteiger partial charge >= 0.3 is 6.18 Å². The Bertz CT molecular complexity index is 458. The van der Waals surface area contributed by atoms with Crippen LogP contribution in [0.25, 0.3) is 0 Å². The van der Waals surface area contributed by atoms with E-state index in [-0.39, 0.29) is 16.3 Å². The summed E-state index contributed by atoms with van der Waals surface area (Å²) in [7, 11) is 0. The zero-order valence-corrected chi connectivity index (χ0v) is 11.5. The molecule has 1 rings (SSSR count). The van der Waals surface area contributed by atoms with Crippen LogP contribution < -0.4 is 0 Å². The molecule has 0 aromatic heterocycles. The van der Waals surface area contributed by atoms with Gasteiger partial charge in [-0.3, -0.25) is 0 Å². The molecular formula is C13H15ClF3NO. The molecule has 0 fully saturated rings. The third-order valence-corrected chi connectivity index (χ3v) is 2.62. The van der Waals surface area contributed by atoms with Gasteiger partial charge in [0.1, 0.15) is 6.61 Å². The first-order valence-electron chi connectivity index (χ1n) is 5.96. The van der Waals surface area contributed by atoms with Gasteiger partial charge < -0.3 is 4.84 Å². The second-order valence-corrected chi connectivity index (χ2v) is 4.33. The summed E-state index contributed by atoms with van der Waals surface area (Å²) in [5, 5.41) is 4.01. The number of rotatable bonds is 5. The molecule has 0 heterocycles. The minimum atomic E-state index is -4.44. The summed E-state index contributed by atoms with van der Waals surface area (Å²) in [6.45, 7) is 3.88. The maximum Gasteiger partial charge on any atom is 0.417 e. The lowest BCUT2D eigenvalue weighted by Gasteiger charge is -2.14. The summed E-state index contributed by atoms with van der Waals surface area (Å²) in [4.78, 5) is 4.89. The van der Waals surface area contributed by atoms with Crippen molar-refractivity contribution in [1.82, 2.24) is 0 Å². The fourth-order valence-electron chi connectivity index (χ4n) is 1.61. The van der Waals surface area contributed by atoms with E-state index in [0.29, 0.717) is 19.4 Å². The van der Waals surface area contributed by atoms with Crippen molar-refractivity contribution in [3.8, 4) is 0 Å². The molecule has 0 aliphatic carbocycles. The summed E-state index contributed by atoms with van der Waals surface area (Å²) in [6, 6.07) is 3.46. The van der Waals surface area contributed by atoms with Crippen molar-refractivity contribution in [1.29, 1.82) is 0 Å². The van der Waals surface area contributed by atoms with Gasteiger partial charge in [-0.2, -0.15) is 13.2 Å². The monoisotopic (exact) mass is 293 g/mol. The molecule has 0 spiro atoms. The zero-order valence-electron chi connectivity index (χ0n) is 10.7. The SMILES string of the molecule is CCC/C(=N\OCC)c1cc(Cl)ccc1C(F)(F)F. The second-order valence-electron chi connectivity index (χ2n) is 3.89. The van der Waals surface area contributed by atoms with Crippen LogP contribution in [-0.2, 0) is 11.0 Å². The molecular weight excluding hydrogens is 279 g/mol. The standard InChI is InChI=1S/C13H15ClF3NO/c1-3-5-12(18-19-4-2)10-8-9(14)6-7-11(10)13(15,16)17/h6-8H,3-5H2,1-2H3/b18-12+. The zero-order chi connectivity index (χ0) is 14.5. The van der Waals surface area contributed by atoms with E-state index in [9.17, 15) is 13.2 Å². The quantitative estimate of drug-likeness (QED) is 0.559. The van der Waals surface area contributed by atoms with E-state index in [2.05, 4.69) is 5.16 Å². The van der Waals surface area contributed by atoms with Crippen molar-refractivity contribution >= 4 is 17.3 Å². The summed E-state index contributed by atoms with van der Waals surface area (Å²) < 4.78 is 38.9. The van der Waals surface area contributed by atoms with Gasteiger partial charge in [-0.05, 0) is 31.5 Å². The smallest absolute Gasteiger partial charge is 0.396 e. The van der Waals surface area contributed by atoms with E-state index in [0.717, 1.165) is 6.07 Å². The van der Waals surface area contributed by atoms with Gasteiger partial charge in [0.2, 0.25) is 0 Å². The first kappa shape index (κ1) is 15.8. The van der Waals surface area contributed by atoms with E-state index in [1.54, 1.807) is 6.92 Å². The molecule has 1 aromatic rings. The largest absolute Gasteiger partial charge is 0.417 e. The highest BCUT2D eigenvalue weighted by atomic mass is 35.5. The molecule has 19 heavy (non-hydrogen) atoms. The maximum atomic E-state index is 13.0. The molecule has 0 saturated carbocycles. The van der Waals surface area contributed by atoms with Crippen LogP contribution in [0.2, 0.25) is 5.02 Å². The Kier molecular flexibility index (Phi) is 5.66. The lowest BCUT2D eigenvalue weighted by atomic mass is 9.99. The van der Waals surface area contributed by atoms with Gasteiger partial charge in [0.25, 0.3) is 0 Å². The van der Waals surface area contributed by atoms with Crippen LogP contribution in [-0.4, -0.2) is 12.3 Å². The first-order chi connectivity index (χ1) is 8.90. The molecule has 1 aromatic carbocycles. The van der Waals surface area contributed by atoms with Gasteiger partial charge in [-0.15, -0.1) is 0 Å². The minimum absolute atomic E-state index is 0.0182. The molecule has 0 aliphatic rings. The molecule has 0 bridgehead atoms. The molecule has 0 saturated heterocycles. The van der Waals surface area contributed by atoms with Crippen molar-refractivity contribution in [2.45, 2.75) is 32.9 Å². The number of hydrogen-bond donors (Lipinski definition) is 0. The average Bonchev–Trinajstić information content (AvgIpc) is 2.32. The first-order valence-corrected chi connectivity index (χ1v) is 6.33. The molecule has 0 radical (unpaired) electrons. The van der Waals surface area contributed by atoms with Gasteiger partial charge in [0.05, 0.1) is 11.3 Å². The number of benzene rings is 1. The molecule has 0 N–H and O–H groups in total. The molecule has 2 nitrogen and oxygen atoms in total. The topological polar surface area (TPSA) is 21.6 Å². The lowest BCUT2D eigenvalue weighted by molar-refractivity contribution is -0.137. The number of halogens is 4. The number of nitrogens with zero attached hydrogens (tertiary/aromatic N) is 1. The molecule has 0 aliphatic heterocycles. The normalized spacial score (nSPS) is 12.6. The molecule has 0 atom stereocenters. The van der Waals surface area contributed by atoms with Crippen LogP contribution in [0.1, 0.15) is 37.8 Å². The Morgan fingerprint density at radius 1 is 1.32 bits per heavy atom. The second kappa shape index (κ2) is 6.80. The van der Waals surface area contributed by atoms with Crippen LogP contribution in [0.3, 0.4) is 0 Å². The van der Waals surface area contributed by atoms with Crippen molar-refractivity contribution in [3.05, 3.63) is 34.3 Å². The van der Waals surface area contributed by atoms with Crippen molar-refractivity contribution in [2.75, 3.05) is 6.61 Å². The van der Waals surface area contributed by atoms with Crippen molar-refractivity contribution in [2.24, 2.45) is 5.16 Å². The third kappa shape index (κ3) is 4.42. The maximum absolute atomic E-state index is 13.0. The highest BCUT2D eigenvalue weighted by Gasteiger charge is 2.34. The Labute approximate surface area is 115 Å². The van der Waals surface area contributed by atoms with Crippen LogP contribution >= 0.6 is 11.6 Å². The highest BCUT2D eigenvalue weighted by molar-refractivity contribution is 6.31. The Balaban J connectivity index is 3.31. The molecule has 106 valence electrons.